The molecule has 7 rings (SSSR count). The maximum absolute atomic E-state index is 5.64. The van der Waals surface area contributed by atoms with E-state index in [4.69, 9.17) is 14.7 Å². The maximum Gasteiger partial charge on any atom is 0.163 e. The molecule has 0 bridgehead atoms. The zero-order chi connectivity index (χ0) is 21.8. The molecule has 0 unspecified atom stereocenters. The largest absolute Gasteiger partial charge is 0.378 e. The third-order valence-corrected chi connectivity index (χ3v) is 7.11. The fourth-order valence-electron chi connectivity index (χ4n) is 5.20. The molecular weight excluding hydrogens is 412 g/mol. The quantitative estimate of drug-likeness (QED) is 0.437. The number of anilines is 1. The number of fused-ring (bicyclic) bond motifs is 4. The molecule has 5 aromatic rings. The second kappa shape index (κ2) is 7.49. The number of hydrogen-bond acceptors (Lipinski definition) is 6. The lowest BCUT2D eigenvalue weighted by Crippen LogP contribution is -2.37. The molecule has 1 saturated heterocycles. The molecule has 1 aliphatic heterocycles. The Hall–Kier alpha value is -3.58. The van der Waals surface area contributed by atoms with Crippen molar-refractivity contribution in [2.75, 3.05) is 31.2 Å². The number of nitrogens with zero attached hydrogens (tertiary/aromatic N) is 5. The van der Waals surface area contributed by atoms with Crippen LogP contribution in [0.4, 0.5) is 5.82 Å². The van der Waals surface area contributed by atoms with E-state index in [1.165, 1.54) is 24.8 Å². The first-order valence-corrected chi connectivity index (χ1v) is 11.7. The Labute approximate surface area is 190 Å². The van der Waals surface area contributed by atoms with Crippen LogP contribution in [0.15, 0.2) is 48.9 Å². The van der Waals surface area contributed by atoms with E-state index in [-0.39, 0.29) is 0 Å². The third-order valence-electron chi connectivity index (χ3n) is 7.11. The molecule has 7 nitrogen and oxygen atoms in total. The molecule has 2 aliphatic rings. The topological polar surface area (TPSA) is 79.8 Å². The number of pyridine rings is 2. The minimum atomic E-state index is 0.552. The number of nitrogens with one attached hydrogen (secondary N) is 1. The number of hydrogen-bond donors (Lipinski definition) is 1. The van der Waals surface area contributed by atoms with Crippen molar-refractivity contribution in [2.45, 2.75) is 25.2 Å². The van der Waals surface area contributed by atoms with E-state index in [9.17, 15) is 0 Å². The Morgan fingerprint density at radius 2 is 1.85 bits per heavy atom. The van der Waals surface area contributed by atoms with Crippen LogP contribution in [0, 0.1) is 0 Å². The van der Waals surface area contributed by atoms with Crippen molar-refractivity contribution in [3.05, 3.63) is 54.5 Å². The lowest BCUT2D eigenvalue weighted by molar-refractivity contribution is 0.122. The molecule has 33 heavy (non-hydrogen) atoms. The second-order valence-corrected chi connectivity index (χ2v) is 8.97. The van der Waals surface area contributed by atoms with Gasteiger partial charge in [0.25, 0.3) is 0 Å². The van der Waals surface area contributed by atoms with Gasteiger partial charge < -0.3 is 14.6 Å². The lowest BCUT2D eigenvalue weighted by Gasteiger charge is -2.32. The summed E-state index contributed by atoms with van der Waals surface area (Å²) in [6.07, 6.45) is 9.46. The summed E-state index contributed by atoms with van der Waals surface area (Å²) in [4.78, 5) is 25.3. The van der Waals surface area contributed by atoms with Crippen molar-refractivity contribution in [3.8, 4) is 11.4 Å². The van der Waals surface area contributed by atoms with E-state index >= 15 is 0 Å². The number of rotatable bonds is 3. The van der Waals surface area contributed by atoms with Gasteiger partial charge in [0.05, 0.1) is 24.9 Å². The summed E-state index contributed by atoms with van der Waals surface area (Å²) >= 11 is 0. The fourth-order valence-corrected chi connectivity index (χ4v) is 5.20. The number of para-hydroxylation sites is 1. The Balaban J connectivity index is 1.51. The first-order valence-electron chi connectivity index (χ1n) is 11.7. The van der Waals surface area contributed by atoms with Gasteiger partial charge in [-0.25, -0.2) is 15.0 Å². The Morgan fingerprint density at radius 1 is 0.970 bits per heavy atom. The number of aromatic amines is 1. The highest BCUT2D eigenvalue weighted by Gasteiger charge is 2.27. The first-order chi connectivity index (χ1) is 16.4. The molecule has 5 heterocycles. The van der Waals surface area contributed by atoms with Crippen LogP contribution in [0.1, 0.15) is 30.7 Å². The lowest BCUT2D eigenvalue weighted by atomic mass is 9.79. The predicted molar refractivity (Wildman–Crippen MR) is 130 cm³/mol. The van der Waals surface area contributed by atoms with Crippen LogP contribution in [-0.4, -0.2) is 51.2 Å². The van der Waals surface area contributed by atoms with Gasteiger partial charge in [-0.3, -0.25) is 4.98 Å². The van der Waals surface area contributed by atoms with Gasteiger partial charge in [0.2, 0.25) is 0 Å². The Bertz CT molecular complexity index is 1500. The Kier molecular flexibility index (Phi) is 4.30. The van der Waals surface area contributed by atoms with Crippen molar-refractivity contribution < 1.29 is 4.74 Å². The highest BCUT2D eigenvalue weighted by atomic mass is 16.5. The summed E-state index contributed by atoms with van der Waals surface area (Å²) in [5, 5.41) is 3.35. The highest BCUT2D eigenvalue weighted by molar-refractivity contribution is 6.12. The smallest absolute Gasteiger partial charge is 0.163 e. The summed E-state index contributed by atoms with van der Waals surface area (Å²) < 4.78 is 5.64. The zero-order valence-corrected chi connectivity index (χ0v) is 18.3. The molecular formula is C26H24N6O. The van der Waals surface area contributed by atoms with Gasteiger partial charge in [-0.2, -0.15) is 0 Å². The zero-order valence-electron chi connectivity index (χ0n) is 18.3. The standard InChI is InChI=1S/C26H24N6O/c1-2-7-20-17(6-1)22-18(8-9-28-25(22)29-20)24-30-21-15-27-14-19(16-4-3-5-16)23(21)26(31-24)32-10-12-33-13-11-32/h1-2,6-9,14-16H,3-5,10-13H2,(H,28,29). The molecule has 0 atom stereocenters. The van der Waals surface area contributed by atoms with Gasteiger partial charge in [0.15, 0.2) is 5.82 Å². The van der Waals surface area contributed by atoms with E-state index in [0.29, 0.717) is 25.0 Å². The van der Waals surface area contributed by atoms with Crippen LogP contribution >= 0.6 is 0 Å². The molecule has 0 radical (unpaired) electrons. The average Bonchev–Trinajstić information content (AvgIpc) is 3.22. The van der Waals surface area contributed by atoms with Gasteiger partial charge in [-0.1, -0.05) is 24.6 Å². The van der Waals surface area contributed by atoms with Crippen molar-refractivity contribution >= 4 is 38.7 Å². The summed E-state index contributed by atoms with van der Waals surface area (Å²) in [5.41, 5.74) is 5.11. The molecule has 0 amide bonds. The minimum absolute atomic E-state index is 0.552. The van der Waals surface area contributed by atoms with Crippen molar-refractivity contribution in [2.24, 2.45) is 0 Å². The second-order valence-electron chi connectivity index (χ2n) is 8.97. The first kappa shape index (κ1) is 18.9. The van der Waals surface area contributed by atoms with Crippen LogP contribution in [0.2, 0.25) is 0 Å². The van der Waals surface area contributed by atoms with E-state index in [2.05, 4.69) is 38.1 Å². The number of benzene rings is 1. The van der Waals surface area contributed by atoms with Gasteiger partial charge >= 0.3 is 0 Å². The summed E-state index contributed by atoms with van der Waals surface area (Å²) in [6.45, 7) is 3.09. The van der Waals surface area contributed by atoms with Gasteiger partial charge in [0, 0.05) is 52.7 Å². The van der Waals surface area contributed by atoms with Crippen LogP contribution < -0.4 is 4.90 Å². The van der Waals surface area contributed by atoms with E-state index in [1.54, 1.807) is 0 Å². The molecule has 1 aliphatic carbocycles. The van der Waals surface area contributed by atoms with Crippen LogP contribution in [0.25, 0.3) is 44.2 Å². The van der Waals surface area contributed by atoms with Gasteiger partial charge in [0.1, 0.15) is 11.5 Å². The normalized spacial score (nSPS) is 17.2. The third kappa shape index (κ3) is 2.99. The molecule has 7 heteroatoms. The van der Waals surface area contributed by atoms with E-state index < -0.39 is 0 Å². The number of H-pyrrole nitrogens is 1. The summed E-state index contributed by atoms with van der Waals surface area (Å²) in [5.74, 6) is 2.28. The molecule has 1 aromatic carbocycles. The van der Waals surface area contributed by atoms with Crippen LogP contribution in [0.3, 0.4) is 0 Å². The molecule has 0 spiro atoms. The molecule has 2 fully saturated rings. The summed E-state index contributed by atoms with van der Waals surface area (Å²) in [7, 11) is 0. The molecule has 4 aromatic heterocycles. The van der Waals surface area contributed by atoms with Crippen LogP contribution in [0.5, 0.6) is 0 Å². The van der Waals surface area contributed by atoms with Crippen molar-refractivity contribution in [1.29, 1.82) is 0 Å². The minimum Gasteiger partial charge on any atom is -0.378 e. The Morgan fingerprint density at radius 3 is 2.70 bits per heavy atom. The van der Waals surface area contributed by atoms with E-state index in [1.807, 2.05) is 30.7 Å². The molecule has 1 N–H and O–H groups in total. The predicted octanol–water partition coefficient (Wildman–Crippen LogP) is 4.83. The van der Waals surface area contributed by atoms with E-state index in [0.717, 1.165) is 57.3 Å². The fraction of sp³-hybridized carbons (Fsp3) is 0.308. The molecule has 1 saturated carbocycles. The maximum atomic E-state index is 5.64. The van der Waals surface area contributed by atoms with Gasteiger partial charge in [-0.05, 0) is 36.5 Å². The SMILES string of the molecule is c1ccc2c(c1)[nH]c1nccc(-c3nc(N4CCOCC4)c4c(C5CCC5)cncc4n3)c12. The van der Waals surface area contributed by atoms with Crippen LogP contribution in [-0.2, 0) is 4.74 Å². The number of morpholine rings is 1. The molecule has 164 valence electrons. The number of ether oxygens (including phenoxy) is 1. The van der Waals surface area contributed by atoms with Crippen molar-refractivity contribution in [1.82, 2.24) is 24.9 Å². The monoisotopic (exact) mass is 436 g/mol. The van der Waals surface area contributed by atoms with Gasteiger partial charge in [-0.15, -0.1) is 0 Å². The average molecular weight is 437 g/mol. The summed E-state index contributed by atoms with van der Waals surface area (Å²) in [6, 6.07) is 10.3. The number of aromatic nitrogens is 5. The van der Waals surface area contributed by atoms with Crippen molar-refractivity contribution in [3.63, 3.8) is 0 Å². The highest BCUT2D eigenvalue weighted by Crippen LogP contribution is 2.42.